The van der Waals surface area contributed by atoms with Crippen molar-refractivity contribution in [1.29, 1.82) is 0 Å². The van der Waals surface area contributed by atoms with Crippen molar-refractivity contribution in [1.82, 2.24) is 4.98 Å². The first kappa shape index (κ1) is 18.4. The molecule has 1 aliphatic rings. The first-order chi connectivity index (χ1) is 14.4. The van der Waals surface area contributed by atoms with E-state index in [1.54, 1.807) is 30.5 Å². The second-order valence-electron chi connectivity index (χ2n) is 7.14. The molecule has 2 aromatic carbocycles. The number of nitrogens with one attached hydrogen (secondary N) is 1. The number of carbonyl (C=O) groups is 1. The minimum Gasteiger partial charge on any atom is -0.452 e. The van der Waals surface area contributed by atoms with Crippen LogP contribution in [0.2, 0.25) is 0 Å². The van der Waals surface area contributed by atoms with E-state index < -0.39 is 11.7 Å². The average Bonchev–Trinajstić information content (AvgIpc) is 3.28. The minimum atomic E-state index is -4.53. The normalized spacial score (nSPS) is 13.6. The summed E-state index contributed by atoms with van der Waals surface area (Å²) >= 11 is 0. The molecule has 0 spiro atoms. The van der Waals surface area contributed by atoms with Crippen molar-refractivity contribution >= 4 is 28.1 Å². The zero-order valence-electron chi connectivity index (χ0n) is 15.6. The second-order valence-corrected chi connectivity index (χ2v) is 7.14. The largest absolute Gasteiger partial charge is 0.452 e. The Hall–Kier alpha value is -3.61. The molecule has 2 heterocycles. The summed E-state index contributed by atoms with van der Waals surface area (Å²) in [6.45, 7) is 0. The summed E-state index contributed by atoms with van der Waals surface area (Å²) in [5.74, 6) is 0.193. The van der Waals surface area contributed by atoms with Gasteiger partial charge in [0.1, 0.15) is 0 Å². The molecule has 2 aromatic heterocycles. The fraction of sp³-hybridized carbons (Fsp3) is 0.130. The molecular weight excluding hydrogens is 393 g/mol. The highest BCUT2D eigenvalue weighted by atomic mass is 19.4. The molecule has 1 aliphatic carbocycles. The maximum absolute atomic E-state index is 13.6. The van der Waals surface area contributed by atoms with Crippen LogP contribution in [0.5, 0.6) is 0 Å². The van der Waals surface area contributed by atoms with Gasteiger partial charge in [-0.1, -0.05) is 18.2 Å². The topological polar surface area (TPSA) is 55.1 Å². The molecule has 0 saturated heterocycles. The third-order valence-electron chi connectivity index (χ3n) is 5.27. The minimum absolute atomic E-state index is 0.0555. The van der Waals surface area contributed by atoms with E-state index in [0.717, 1.165) is 11.6 Å². The Morgan fingerprint density at radius 3 is 2.67 bits per heavy atom. The molecule has 5 rings (SSSR count). The van der Waals surface area contributed by atoms with Crippen LogP contribution in [0.1, 0.15) is 27.9 Å². The van der Waals surface area contributed by atoms with E-state index in [1.165, 1.54) is 18.3 Å². The third-order valence-corrected chi connectivity index (χ3v) is 5.27. The van der Waals surface area contributed by atoms with Crippen LogP contribution in [0.4, 0.5) is 24.5 Å². The van der Waals surface area contributed by atoms with Crippen molar-refractivity contribution in [2.24, 2.45) is 0 Å². The predicted octanol–water partition coefficient (Wildman–Crippen LogP) is 6.39. The van der Waals surface area contributed by atoms with Crippen molar-refractivity contribution in [3.63, 3.8) is 0 Å². The number of ketones is 1. The molecule has 0 unspecified atom stereocenters. The molecule has 0 bridgehead atoms. The number of alkyl halides is 3. The lowest BCUT2D eigenvalue weighted by atomic mass is 10.0. The summed E-state index contributed by atoms with van der Waals surface area (Å²) in [6, 6.07) is 12.4. The molecule has 7 heteroatoms. The molecule has 4 nitrogen and oxygen atoms in total. The van der Waals surface area contributed by atoms with Gasteiger partial charge in [-0.25, -0.2) is 0 Å². The summed E-state index contributed by atoms with van der Waals surface area (Å²) in [6.07, 6.45) is -0.364. The van der Waals surface area contributed by atoms with Crippen molar-refractivity contribution < 1.29 is 22.4 Å². The molecule has 150 valence electrons. The maximum Gasteiger partial charge on any atom is 0.417 e. The van der Waals surface area contributed by atoms with Crippen LogP contribution in [0.25, 0.3) is 22.3 Å². The van der Waals surface area contributed by atoms with E-state index in [2.05, 4.69) is 10.3 Å². The smallest absolute Gasteiger partial charge is 0.417 e. The highest BCUT2D eigenvalue weighted by Crippen LogP contribution is 2.44. The van der Waals surface area contributed by atoms with Gasteiger partial charge in [-0.15, -0.1) is 0 Å². The quantitative estimate of drug-likeness (QED) is 0.427. The van der Waals surface area contributed by atoms with Gasteiger partial charge in [-0.3, -0.25) is 9.78 Å². The number of aryl methyl sites for hydroxylation is 1. The Morgan fingerprint density at radius 2 is 1.83 bits per heavy atom. The molecule has 0 aliphatic heterocycles. The summed E-state index contributed by atoms with van der Waals surface area (Å²) < 4.78 is 46.7. The predicted molar refractivity (Wildman–Crippen MR) is 107 cm³/mol. The molecule has 0 saturated carbocycles. The SMILES string of the molecule is O=C1CCc2cc(Nc3c(-c4ccccc4C(F)(F)F)oc4cnccc34)ccc21. The average molecular weight is 408 g/mol. The Morgan fingerprint density at radius 1 is 1.00 bits per heavy atom. The summed E-state index contributed by atoms with van der Waals surface area (Å²) in [5, 5.41) is 3.84. The van der Waals surface area contributed by atoms with Crippen molar-refractivity contribution in [2.75, 3.05) is 5.32 Å². The number of hydrogen-bond donors (Lipinski definition) is 1. The number of carbonyl (C=O) groups excluding carboxylic acids is 1. The monoisotopic (exact) mass is 408 g/mol. The molecule has 4 aromatic rings. The van der Waals surface area contributed by atoms with E-state index in [9.17, 15) is 18.0 Å². The van der Waals surface area contributed by atoms with Crippen LogP contribution >= 0.6 is 0 Å². The highest BCUT2D eigenvalue weighted by molar-refractivity contribution is 6.02. The van der Waals surface area contributed by atoms with Gasteiger partial charge >= 0.3 is 6.18 Å². The number of anilines is 2. The summed E-state index contributed by atoms with van der Waals surface area (Å²) in [5.41, 5.74) is 2.27. The number of furan rings is 1. The van der Waals surface area contributed by atoms with Gasteiger partial charge in [0.25, 0.3) is 0 Å². The number of fused-ring (bicyclic) bond motifs is 2. The number of aromatic nitrogens is 1. The number of pyridine rings is 1. The first-order valence-corrected chi connectivity index (χ1v) is 9.38. The Labute approximate surface area is 169 Å². The first-order valence-electron chi connectivity index (χ1n) is 9.38. The molecule has 30 heavy (non-hydrogen) atoms. The van der Waals surface area contributed by atoms with Crippen LogP contribution < -0.4 is 5.32 Å². The molecule has 0 radical (unpaired) electrons. The maximum atomic E-state index is 13.6. The number of Topliss-reactive ketones (excluding diaryl/α,β-unsaturated/α-hetero) is 1. The van der Waals surface area contributed by atoms with Gasteiger partial charge < -0.3 is 9.73 Å². The Kier molecular flexibility index (Phi) is 4.13. The van der Waals surface area contributed by atoms with Crippen LogP contribution in [-0.2, 0) is 12.6 Å². The lowest BCUT2D eigenvalue weighted by Crippen LogP contribution is -2.07. The summed E-state index contributed by atoms with van der Waals surface area (Å²) in [4.78, 5) is 15.9. The second kappa shape index (κ2) is 6.73. The zero-order valence-corrected chi connectivity index (χ0v) is 15.6. The molecule has 1 N–H and O–H groups in total. The number of hydrogen-bond acceptors (Lipinski definition) is 4. The number of rotatable bonds is 3. The van der Waals surface area contributed by atoms with E-state index in [0.29, 0.717) is 40.7 Å². The molecule has 0 fully saturated rings. The lowest BCUT2D eigenvalue weighted by Gasteiger charge is -2.13. The lowest BCUT2D eigenvalue weighted by molar-refractivity contribution is -0.137. The van der Waals surface area contributed by atoms with Gasteiger partial charge in [-0.05, 0) is 42.3 Å². The highest BCUT2D eigenvalue weighted by Gasteiger charge is 2.35. The van der Waals surface area contributed by atoms with Crippen molar-refractivity contribution in [2.45, 2.75) is 19.0 Å². The Bertz CT molecular complexity index is 1290. The van der Waals surface area contributed by atoms with Gasteiger partial charge in [0.2, 0.25) is 0 Å². The fourth-order valence-electron chi connectivity index (χ4n) is 3.87. The van der Waals surface area contributed by atoms with Gasteiger partial charge in [-0.2, -0.15) is 13.2 Å². The van der Waals surface area contributed by atoms with Crippen LogP contribution in [0.15, 0.2) is 65.3 Å². The van der Waals surface area contributed by atoms with E-state index >= 15 is 0 Å². The molecule has 0 atom stereocenters. The van der Waals surface area contributed by atoms with E-state index in [1.807, 2.05) is 6.07 Å². The van der Waals surface area contributed by atoms with Crippen LogP contribution in [-0.4, -0.2) is 10.8 Å². The van der Waals surface area contributed by atoms with Crippen LogP contribution in [0, 0.1) is 0 Å². The zero-order chi connectivity index (χ0) is 20.9. The van der Waals surface area contributed by atoms with Gasteiger partial charge in [0, 0.05) is 34.8 Å². The molecular formula is C23H15F3N2O2. The number of benzene rings is 2. The van der Waals surface area contributed by atoms with Gasteiger partial charge in [0.05, 0.1) is 17.4 Å². The van der Waals surface area contributed by atoms with Gasteiger partial charge in [0.15, 0.2) is 17.1 Å². The number of halogens is 3. The van der Waals surface area contributed by atoms with Crippen molar-refractivity contribution in [3.05, 3.63) is 77.6 Å². The van der Waals surface area contributed by atoms with E-state index in [4.69, 9.17) is 4.42 Å². The Balaban J connectivity index is 1.67. The standard InChI is InChI=1S/C23H15F3N2O2/c24-23(25,26)18-4-2-1-3-16(18)22-21(17-9-10-27-12-20(17)30-22)28-14-6-7-15-13(11-14)5-8-19(15)29/h1-4,6-7,9-12,28H,5,8H2. The summed E-state index contributed by atoms with van der Waals surface area (Å²) in [7, 11) is 0. The third kappa shape index (κ3) is 3.03. The fourth-order valence-corrected chi connectivity index (χ4v) is 3.87. The number of nitrogens with zero attached hydrogens (tertiary/aromatic N) is 1. The molecule has 0 amide bonds. The van der Waals surface area contributed by atoms with Crippen molar-refractivity contribution in [3.8, 4) is 11.3 Å². The van der Waals surface area contributed by atoms with Crippen LogP contribution in [0.3, 0.4) is 0 Å². The van der Waals surface area contributed by atoms with E-state index in [-0.39, 0.29) is 17.1 Å².